The molecule has 1 unspecified atom stereocenters. The molecule has 2 N–H and O–H groups in total. The van der Waals surface area contributed by atoms with Crippen molar-refractivity contribution >= 4 is 30.7 Å². The standard InChI is InChI=1S/C15H13BNO4S/c18-13(8-10-4-2-6-22-10)17-12-7-9-3-1-5-11(15(19)20)14(9)21-16-12/h1-6,12H,7-8H2,(H,17,18)(H,19,20). The van der Waals surface area contributed by atoms with Crippen LogP contribution in [0.1, 0.15) is 20.8 Å². The summed E-state index contributed by atoms with van der Waals surface area (Å²) in [5, 5.41) is 14.0. The second-order valence-corrected chi connectivity index (χ2v) is 6.02. The lowest BCUT2D eigenvalue weighted by Gasteiger charge is -2.25. The van der Waals surface area contributed by atoms with Gasteiger partial charge in [0.15, 0.2) is 0 Å². The van der Waals surface area contributed by atoms with E-state index in [2.05, 4.69) is 5.32 Å². The van der Waals surface area contributed by atoms with E-state index in [4.69, 9.17) is 9.76 Å². The second-order valence-electron chi connectivity index (χ2n) is 4.99. The van der Waals surface area contributed by atoms with Crippen molar-refractivity contribution < 1.29 is 19.3 Å². The Morgan fingerprint density at radius 3 is 2.95 bits per heavy atom. The largest absolute Gasteiger partial charge is 0.560 e. The molecule has 1 aromatic heterocycles. The minimum Gasteiger partial charge on any atom is -0.560 e. The van der Waals surface area contributed by atoms with E-state index in [0.717, 1.165) is 10.4 Å². The molecule has 0 saturated carbocycles. The molecule has 2 aromatic rings. The van der Waals surface area contributed by atoms with Gasteiger partial charge in [0.05, 0.1) is 12.0 Å². The Kier molecular flexibility index (Phi) is 4.15. The van der Waals surface area contributed by atoms with Crippen molar-refractivity contribution in [2.24, 2.45) is 0 Å². The monoisotopic (exact) mass is 314 g/mol. The van der Waals surface area contributed by atoms with Gasteiger partial charge in [0.2, 0.25) is 5.91 Å². The maximum absolute atomic E-state index is 12.0. The van der Waals surface area contributed by atoms with Crippen LogP contribution in [0.5, 0.6) is 5.75 Å². The van der Waals surface area contributed by atoms with Gasteiger partial charge in [-0.05, 0) is 29.5 Å². The number of fused-ring (bicyclic) bond motifs is 1. The summed E-state index contributed by atoms with van der Waals surface area (Å²) in [5.41, 5.74) is 0.918. The van der Waals surface area contributed by atoms with Crippen molar-refractivity contribution in [3.8, 4) is 5.75 Å². The third kappa shape index (κ3) is 3.14. The lowest BCUT2D eigenvalue weighted by atomic mass is 9.79. The highest BCUT2D eigenvalue weighted by molar-refractivity contribution is 7.10. The number of para-hydroxylation sites is 1. The Hall–Kier alpha value is -2.28. The van der Waals surface area contributed by atoms with Crippen LogP contribution in [0.4, 0.5) is 0 Å². The molecule has 0 spiro atoms. The van der Waals surface area contributed by atoms with E-state index < -0.39 is 5.97 Å². The molecule has 22 heavy (non-hydrogen) atoms. The van der Waals surface area contributed by atoms with Crippen LogP contribution in [0.25, 0.3) is 0 Å². The van der Waals surface area contributed by atoms with Crippen LogP contribution in [0.15, 0.2) is 35.7 Å². The number of thiophene rings is 1. The zero-order chi connectivity index (χ0) is 15.5. The highest BCUT2D eigenvalue weighted by atomic mass is 32.1. The SMILES string of the molecule is O=C(Cc1cccs1)NC1[B]Oc2c(cccc2C(=O)O)C1. The number of aromatic carboxylic acids is 1. The Balaban J connectivity index is 1.66. The summed E-state index contributed by atoms with van der Waals surface area (Å²) in [6.45, 7) is 0. The van der Waals surface area contributed by atoms with E-state index in [0.29, 0.717) is 18.6 Å². The molecule has 1 radical (unpaired) electrons. The maximum Gasteiger partial charge on any atom is 0.394 e. The fraction of sp³-hybridized carbons (Fsp3) is 0.200. The van der Waals surface area contributed by atoms with Crippen LogP contribution in [-0.2, 0) is 17.6 Å². The normalized spacial score (nSPS) is 16.1. The van der Waals surface area contributed by atoms with Crippen molar-refractivity contribution in [2.45, 2.75) is 18.8 Å². The lowest BCUT2D eigenvalue weighted by Crippen LogP contribution is -2.45. The first-order valence-electron chi connectivity index (χ1n) is 6.80. The van der Waals surface area contributed by atoms with Gasteiger partial charge >= 0.3 is 13.5 Å². The Bertz CT molecular complexity index is 702. The van der Waals surface area contributed by atoms with Crippen LogP contribution in [0.3, 0.4) is 0 Å². The topological polar surface area (TPSA) is 75.6 Å². The Morgan fingerprint density at radius 2 is 2.23 bits per heavy atom. The van der Waals surface area contributed by atoms with E-state index in [1.54, 1.807) is 6.07 Å². The fourth-order valence-electron chi connectivity index (χ4n) is 2.40. The van der Waals surface area contributed by atoms with E-state index in [-0.39, 0.29) is 17.4 Å². The highest BCUT2D eigenvalue weighted by Gasteiger charge is 2.27. The zero-order valence-electron chi connectivity index (χ0n) is 11.6. The van der Waals surface area contributed by atoms with E-state index in [1.165, 1.54) is 24.9 Å². The molecule has 0 bridgehead atoms. The molecule has 3 rings (SSSR count). The number of amides is 1. The molecule has 1 aromatic carbocycles. The first-order valence-corrected chi connectivity index (χ1v) is 7.68. The quantitative estimate of drug-likeness (QED) is 0.842. The summed E-state index contributed by atoms with van der Waals surface area (Å²) in [4.78, 5) is 24.1. The summed E-state index contributed by atoms with van der Waals surface area (Å²) in [5.74, 6) is -1.00. The molecule has 0 aliphatic carbocycles. The van der Waals surface area contributed by atoms with Gasteiger partial charge in [-0.15, -0.1) is 11.3 Å². The smallest absolute Gasteiger partial charge is 0.394 e. The molecule has 0 saturated heterocycles. The van der Waals surface area contributed by atoms with Gasteiger partial charge in [0.25, 0.3) is 0 Å². The van der Waals surface area contributed by atoms with Crippen molar-refractivity contribution in [1.82, 2.24) is 5.32 Å². The highest BCUT2D eigenvalue weighted by Crippen LogP contribution is 2.28. The van der Waals surface area contributed by atoms with E-state index in [9.17, 15) is 9.59 Å². The van der Waals surface area contributed by atoms with Gasteiger partial charge in [0, 0.05) is 10.8 Å². The molecule has 1 atom stereocenters. The number of carboxylic acids is 1. The zero-order valence-corrected chi connectivity index (χ0v) is 12.4. The summed E-state index contributed by atoms with van der Waals surface area (Å²) in [6.07, 6.45) is 0.858. The number of rotatable bonds is 4. The second kappa shape index (κ2) is 6.23. The number of hydrogen-bond acceptors (Lipinski definition) is 4. The molecule has 1 aliphatic rings. The molecular weight excluding hydrogens is 301 g/mol. The van der Waals surface area contributed by atoms with Gasteiger partial charge < -0.3 is 15.1 Å². The number of hydrogen-bond donors (Lipinski definition) is 2. The molecule has 111 valence electrons. The van der Waals surface area contributed by atoms with Crippen LogP contribution >= 0.6 is 11.3 Å². The molecule has 5 nitrogen and oxygen atoms in total. The third-order valence-electron chi connectivity index (χ3n) is 3.38. The van der Waals surface area contributed by atoms with Gasteiger partial charge in [0.1, 0.15) is 5.75 Å². The molecule has 7 heteroatoms. The summed E-state index contributed by atoms with van der Waals surface area (Å²) >= 11 is 1.54. The van der Waals surface area contributed by atoms with E-state index in [1.807, 2.05) is 23.6 Å². The van der Waals surface area contributed by atoms with Crippen molar-refractivity contribution in [3.63, 3.8) is 0 Å². The van der Waals surface area contributed by atoms with Gasteiger partial charge in [-0.1, -0.05) is 18.2 Å². The predicted octanol–water partition coefficient (Wildman–Crippen LogP) is 1.69. The minimum absolute atomic E-state index is 0.0786. The molecule has 1 amide bonds. The van der Waals surface area contributed by atoms with Crippen molar-refractivity contribution in [1.29, 1.82) is 0 Å². The first-order chi connectivity index (χ1) is 10.6. The first kappa shape index (κ1) is 14.7. The molecule has 2 heterocycles. The number of carboxylic acid groups (broad SMARTS) is 1. The Morgan fingerprint density at radius 1 is 1.36 bits per heavy atom. The predicted molar refractivity (Wildman–Crippen MR) is 83.4 cm³/mol. The fourth-order valence-corrected chi connectivity index (χ4v) is 3.11. The Labute approximate surface area is 132 Å². The lowest BCUT2D eigenvalue weighted by molar-refractivity contribution is -0.120. The number of carbonyl (C=O) groups excluding carboxylic acids is 1. The third-order valence-corrected chi connectivity index (χ3v) is 4.25. The molecule has 1 aliphatic heterocycles. The maximum atomic E-state index is 12.0. The van der Waals surface area contributed by atoms with Crippen LogP contribution in [0, 0.1) is 0 Å². The van der Waals surface area contributed by atoms with E-state index >= 15 is 0 Å². The van der Waals surface area contributed by atoms with Crippen molar-refractivity contribution in [2.75, 3.05) is 0 Å². The summed E-state index contributed by atoms with van der Waals surface area (Å²) in [7, 11) is 1.49. The number of carbonyl (C=O) groups is 2. The average molecular weight is 314 g/mol. The van der Waals surface area contributed by atoms with Gasteiger partial charge in [-0.3, -0.25) is 4.79 Å². The van der Waals surface area contributed by atoms with Crippen LogP contribution < -0.4 is 9.97 Å². The summed E-state index contributed by atoms with van der Waals surface area (Å²) < 4.78 is 5.45. The summed E-state index contributed by atoms with van der Waals surface area (Å²) in [6, 6.07) is 8.83. The minimum atomic E-state index is -1.02. The van der Waals surface area contributed by atoms with Gasteiger partial charge in [-0.25, -0.2) is 4.79 Å². The molecule has 0 fully saturated rings. The average Bonchev–Trinajstić information content (AvgIpc) is 2.99. The molecular formula is C15H13BNO4S. The van der Waals surface area contributed by atoms with Crippen LogP contribution in [0.2, 0.25) is 0 Å². The van der Waals surface area contributed by atoms with Gasteiger partial charge in [-0.2, -0.15) is 0 Å². The number of nitrogens with one attached hydrogen (secondary N) is 1. The number of benzene rings is 1. The van der Waals surface area contributed by atoms with Crippen molar-refractivity contribution in [3.05, 3.63) is 51.7 Å². The van der Waals surface area contributed by atoms with Crippen LogP contribution in [-0.4, -0.2) is 30.4 Å².